The highest BCUT2D eigenvalue weighted by Crippen LogP contribution is 2.28. The van der Waals surface area contributed by atoms with Crippen LogP contribution in [0.5, 0.6) is 17.2 Å². The van der Waals surface area contributed by atoms with Crippen molar-refractivity contribution in [2.45, 2.75) is 0 Å². The number of benzene rings is 2. The third-order valence-corrected chi connectivity index (χ3v) is 3.06. The lowest BCUT2D eigenvalue weighted by Gasteiger charge is -2.10. The Morgan fingerprint density at radius 1 is 0.909 bits per heavy atom. The fraction of sp³-hybridized carbons (Fsp3) is 0.188. The highest BCUT2D eigenvalue weighted by Gasteiger charge is 2.12. The summed E-state index contributed by atoms with van der Waals surface area (Å²) in [5.74, 6) is 0.146. The number of rotatable bonds is 5. The number of methoxy groups -OCH3 is 3. The predicted octanol–water partition coefficient (Wildman–Crippen LogP) is 3.10. The van der Waals surface area contributed by atoms with Gasteiger partial charge in [-0.1, -0.05) is 0 Å². The molecule has 0 saturated carbocycles. The van der Waals surface area contributed by atoms with Gasteiger partial charge in [-0.15, -0.1) is 0 Å². The van der Waals surface area contributed by atoms with E-state index in [1.54, 1.807) is 24.3 Å². The van der Waals surface area contributed by atoms with Crippen LogP contribution in [-0.2, 0) is 0 Å². The van der Waals surface area contributed by atoms with Gasteiger partial charge in [-0.05, 0) is 30.3 Å². The van der Waals surface area contributed by atoms with Gasteiger partial charge in [0, 0.05) is 17.3 Å². The summed E-state index contributed by atoms with van der Waals surface area (Å²) in [5, 5.41) is 2.61. The van der Waals surface area contributed by atoms with Crippen molar-refractivity contribution < 1.29 is 23.4 Å². The van der Waals surface area contributed by atoms with E-state index < -0.39 is 5.82 Å². The topological polar surface area (TPSA) is 56.8 Å². The molecule has 1 N–H and O–H groups in total. The molecule has 0 fully saturated rings. The van der Waals surface area contributed by atoms with Crippen molar-refractivity contribution in [1.29, 1.82) is 0 Å². The number of halogens is 1. The number of carbonyl (C=O) groups is 1. The van der Waals surface area contributed by atoms with E-state index in [0.717, 1.165) is 0 Å². The fourth-order valence-corrected chi connectivity index (χ4v) is 1.92. The van der Waals surface area contributed by atoms with Crippen molar-refractivity contribution in [2.24, 2.45) is 0 Å². The van der Waals surface area contributed by atoms with E-state index in [-0.39, 0.29) is 11.7 Å². The Kier molecular flexibility index (Phi) is 4.83. The Balaban J connectivity index is 2.20. The molecular weight excluding hydrogens is 289 g/mol. The lowest BCUT2D eigenvalue weighted by Crippen LogP contribution is -2.12. The summed E-state index contributed by atoms with van der Waals surface area (Å²) in [6.07, 6.45) is 0. The second-order valence-electron chi connectivity index (χ2n) is 4.37. The SMILES string of the molecule is COc1ccc(NC(=O)c2ccc(OC)c(OC)c2)cc1F. The van der Waals surface area contributed by atoms with E-state index in [0.29, 0.717) is 22.7 Å². The third kappa shape index (κ3) is 3.28. The van der Waals surface area contributed by atoms with Gasteiger partial charge in [-0.2, -0.15) is 0 Å². The minimum absolute atomic E-state index is 0.115. The summed E-state index contributed by atoms with van der Waals surface area (Å²) >= 11 is 0. The summed E-state index contributed by atoms with van der Waals surface area (Å²) in [6, 6.07) is 8.96. The molecule has 0 heterocycles. The molecule has 0 spiro atoms. The molecule has 0 aromatic heterocycles. The highest BCUT2D eigenvalue weighted by atomic mass is 19.1. The first kappa shape index (κ1) is 15.6. The van der Waals surface area contributed by atoms with Gasteiger partial charge in [0.25, 0.3) is 5.91 Å². The Morgan fingerprint density at radius 3 is 2.14 bits per heavy atom. The molecule has 2 rings (SSSR count). The summed E-state index contributed by atoms with van der Waals surface area (Å²) in [7, 11) is 4.37. The number of nitrogens with one attached hydrogen (secondary N) is 1. The number of carbonyl (C=O) groups excluding carboxylic acids is 1. The number of hydrogen-bond donors (Lipinski definition) is 1. The molecule has 0 atom stereocenters. The molecule has 0 bridgehead atoms. The van der Waals surface area contributed by atoms with Crippen molar-refractivity contribution in [1.82, 2.24) is 0 Å². The average molecular weight is 305 g/mol. The maximum atomic E-state index is 13.6. The minimum Gasteiger partial charge on any atom is -0.494 e. The average Bonchev–Trinajstić information content (AvgIpc) is 2.54. The molecule has 1 amide bonds. The lowest BCUT2D eigenvalue weighted by molar-refractivity contribution is 0.102. The largest absolute Gasteiger partial charge is 0.494 e. The van der Waals surface area contributed by atoms with Crippen molar-refractivity contribution >= 4 is 11.6 Å². The van der Waals surface area contributed by atoms with Gasteiger partial charge >= 0.3 is 0 Å². The molecular formula is C16H16FNO4. The first-order chi connectivity index (χ1) is 10.6. The van der Waals surface area contributed by atoms with E-state index in [4.69, 9.17) is 14.2 Å². The summed E-state index contributed by atoms with van der Waals surface area (Å²) in [4.78, 5) is 12.2. The first-order valence-corrected chi connectivity index (χ1v) is 6.46. The Bertz CT molecular complexity index is 688. The zero-order valence-corrected chi connectivity index (χ0v) is 12.5. The van der Waals surface area contributed by atoms with Gasteiger partial charge in [0.2, 0.25) is 0 Å². The van der Waals surface area contributed by atoms with Gasteiger partial charge in [-0.25, -0.2) is 4.39 Å². The third-order valence-electron chi connectivity index (χ3n) is 3.06. The van der Waals surface area contributed by atoms with E-state index in [1.165, 1.54) is 33.5 Å². The molecule has 116 valence electrons. The molecule has 0 saturated heterocycles. The van der Waals surface area contributed by atoms with Gasteiger partial charge in [0.1, 0.15) is 0 Å². The van der Waals surface area contributed by atoms with Gasteiger partial charge in [-0.3, -0.25) is 4.79 Å². The van der Waals surface area contributed by atoms with Crippen LogP contribution in [0.4, 0.5) is 10.1 Å². The number of amides is 1. The Morgan fingerprint density at radius 2 is 1.55 bits per heavy atom. The minimum atomic E-state index is -0.549. The molecule has 0 aliphatic heterocycles. The number of anilines is 1. The Labute approximate surface area is 127 Å². The van der Waals surface area contributed by atoms with Crippen LogP contribution in [0.25, 0.3) is 0 Å². The monoisotopic (exact) mass is 305 g/mol. The molecule has 0 aliphatic carbocycles. The van der Waals surface area contributed by atoms with Gasteiger partial charge in [0.15, 0.2) is 23.1 Å². The zero-order chi connectivity index (χ0) is 16.1. The number of hydrogen-bond acceptors (Lipinski definition) is 4. The summed E-state index contributed by atoms with van der Waals surface area (Å²) < 4.78 is 28.7. The Hall–Kier alpha value is -2.76. The maximum Gasteiger partial charge on any atom is 0.255 e. The molecule has 22 heavy (non-hydrogen) atoms. The second kappa shape index (κ2) is 6.80. The molecule has 0 unspecified atom stereocenters. The predicted molar refractivity (Wildman–Crippen MR) is 80.5 cm³/mol. The van der Waals surface area contributed by atoms with Crippen molar-refractivity contribution in [3.63, 3.8) is 0 Å². The van der Waals surface area contributed by atoms with Crippen molar-refractivity contribution in [3.8, 4) is 17.2 Å². The van der Waals surface area contributed by atoms with Crippen LogP contribution in [0.1, 0.15) is 10.4 Å². The van der Waals surface area contributed by atoms with E-state index in [2.05, 4.69) is 5.32 Å². The van der Waals surface area contributed by atoms with Crippen LogP contribution in [0, 0.1) is 5.82 Å². The van der Waals surface area contributed by atoms with Crippen LogP contribution in [-0.4, -0.2) is 27.2 Å². The zero-order valence-electron chi connectivity index (χ0n) is 12.5. The number of ether oxygens (including phenoxy) is 3. The van der Waals surface area contributed by atoms with Crippen molar-refractivity contribution in [3.05, 3.63) is 47.8 Å². The van der Waals surface area contributed by atoms with Crippen LogP contribution < -0.4 is 19.5 Å². The molecule has 0 aliphatic rings. The van der Waals surface area contributed by atoms with Crippen LogP contribution in [0.2, 0.25) is 0 Å². The fourth-order valence-electron chi connectivity index (χ4n) is 1.92. The molecule has 6 heteroatoms. The molecule has 0 radical (unpaired) electrons. The quantitative estimate of drug-likeness (QED) is 0.922. The lowest BCUT2D eigenvalue weighted by atomic mass is 10.2. The van der Waals surface area contributed by atoms with Crippen LogP contribution in [0.15, 0.2) is 36.4 Å². The summed E-state index contributed by atoms with van der Waals surface area (Å²) in [5.41, 5.74) is 0.701. The van der Waals surface area contributed by atoms with Crippen molar-refractivity contribution in [2.75, 3.05) is 26.6 Å². The second-order valence-corrected chi connectivity index (χ2v) is 4.37. The van der Waals surface area contributed by atoms with Crippen LogP contribution in [0.3, 0.4) is 0 Å². The van der Waals surface area contributed by atoms with E-state index in [9.17, 15) is 9.18 Å². The smallest absolute Gasteiger partial charge is 0.255 e. The standard InChI is InChI=1S/C16H16FNO4/c1-20-13-7-5-11(9-12(13)17)18-16(19)10-4-6-14(21-2)15(8-10)22-3/h4-9H,1-3H3,(H,18,19). The van der Waals surface area contributed by atoms with E-state index >= 15 is 0 Å². The molecule has 5 nitrogen and oxygen atoms in total. The van der Waals surface area contributed by atoms with Crippen LogP contribution >= 0.6 is 0 Å². The van der Waals surface area contributed by atoms with E-state index in [1.807, 2.05) is 0 Å². The van der Waals surface area contributed by atoms with Gasteiger partial charge < -0.3 is 19.5 Å². The molecule has 2 aromatic carbocycles. The molecule has 2 aromatic rings. The van der Waals surface area contributed by atoms with Gasteiger partial charge in [0.05, 0.1) is 21.3 Å². The first-order valence-electron chi connectivity index (χ1n) is 6.46. The highest BCUT2D eigenvalue weighted by molar-refractivity contribution is 6.04. The summed E-state index contributed by atoms with van der Waals surface area (Å²) in [6.45, 7) is 0. The normalized spacial score (nSPS) is 10.0. The maximum absolute atomic E-state index is 13.6.